The summed E-state index contributed by atoms with van der Waals surface area (Å²) >= 11 is 0. The van der Waals surface area contributed by atoms with E-state index in [0.29, 0.717) is 18.8 Å². The summed E-state index contributed by atoms with van der Waals surface area (Å²) in [6.07, 6.45) is 5.86. The molecule has 3 aromatic carbocycles. The van der Waals surface area contributed by atoms with Gasteiger partial charge in [0.05, 0.1) is 22.6 Å². The van der Waals surface area contributed by atoms with E-state index in [1.165, 1.54) is 30.9 Å². The standard InChI is InChI=1S/C32H36F2N4O/c1-2-3-19-38(32(39)26-16-15-25(33)21-27(26)34)30(31-35-28-13-7-8-14-29(28)36-31)20-23-11-5-6-12-24(23)22-37-17-9-4-10-18-37/h5-8,11-16,21,30H,2-4,9-10,17-20,22H2,1H3,(H,35,36). The molecule has 5 rings (SSSR count). The lowest BCUT2D eigenvalue weighted by Gasteiger charge is -2.32. The first-order valence-corrected chi connectivity index (χ1v) is 14.0. The first-order valence-electron chi connectivity index (χ1n) is 14.0. The van der Waals surface area contributed by atoms with Gasteiger partial charge in [-0.05, 0) is 67.7 Å². The third-order valence-corrected chi connectivity index (χ3v) is 7.65. The van der Waals surface area contributed by atoms with Crippen molar-refractivity contribution < 1.29 is 13.6 Å². The van der Waals surface area contributed by atoms with Crippen molar-refractivity contribution in [2.24, 2.45) is 0 Å². The number of rotatable bonds is 10. The summed E-state index contributed by atoms with van der Waals surface area (Å²) in [6, 6.07) is 18.9. The lowest BCUT2D eigenvalue weighted by Crippen LogP contribution is -2.38. The van der Waals surface area contributed by atoms with Crippen molar-refractivity contribution in [3.05, 3.63) is 101 Å². The number of para-hydroxylation sites is 2. The van der Waals surface area contributed by atoms with Gasteiger partial charge in [0.25, 0.3) is 5.91 Å². The monoisotopic (exact) mass is 530 g/mol. The molecule has 1 atom stereocenters. The van der Waals surface area contributed by atoms with E-state index in [1.807, 2.05) is 30.3 Å². The van der Waals surface area contributed by atoms with Gasteiger partial charge < -0.3 is 9.88 Å². The van der Waals surface area contributed by atoms with E-state index in [-0.39, 0.29) is 5.56 Å². The number of fused-ring (bicyclic) bond motifs is 1. The van der Waals surface area contributed by atoms with Gasteiger partial charge in [0.1, 0.15) is 17.5 Å². The Labute approximate surface area is 228 Å². The van der Waals surface area contributed by atoms with Crippen LogP contribution in [0.1, 0.15) is 72.4 Å². The Hall–Kier alpha value is -3.58. The maximum Gasteiger partial charge on any atom is 0.257 e. The summed E-state index contributed by atoms with van der Waals surface area (Å²) in [5.74, 6) is -1.35. The van der Waals surface area contributed by atoms with Crippen LogP contribution in [0.5, 0.6) is 0 Å². The normalized spacial score (nSPS) is 14.9. The highest BCUT2D eigenvalue weighted by Gasteiger charge is 2.31. The van der Waals surface area contributed by atoms with Gasteiger partial charge in [0.15, 0.2) is 0 Å². The number of imidazole rings is 1. The predicted octanol–water partition coefficient (Wildman–Crippen LogP) is 7.05. The van der Waals surface area contributed by atoms with Crippen LogP contribution in [-0.2, 0) is 13.0 Å². The number of halogens is 2. The number of hydrogen-bond donors (Lipinski definition) is 1. The first kappa shape index (κ1) is 27.0. The fraction of sp³-hybridized carbons (Fsp3) is 0.375. The number of H-pyrrole nitrogens is 1. The quantitative estimate of drug-likeness (QED) is 0.239. The van der Waals surface area contributed by atoms with Crippen molar-refractivity contribution in [2.45, 2.75) is 58.0 Å². The number of carbonyl (C=O) groups is 1. The number of piperidine rings is 1. The molecule has 1 amide bonds. The van der Waals surface area contributed by atoms with Crippen LogP contribution in [0.4, 0.5) is 8.78 Å². The molecule has 1 saturated heterocycles. The smallest absolute Gasteiger partial charge is 0.257 e. The first-order chi connectivity index (χ1) is 19.0. The summed E-state index contributed by atoms with van der Waals surface area (Å²) in [5.41, 5.74) is 3.94. The second-order valence-corrected chi connectivity index (χ2v) is 10.4. The van der Waals surface area contributed by atoms with Crippen LogP contribution < -0.4 is 0 Å². The number of aromatic nitrogens is 2. The van der Waals surface area contributed by atoms with Gasteiger partial charge in [-0.25, -0.2) is 13.8 Å². The highest BCUT2D eigenvalue weighted by Crippen LogP contribution is 2.30. The molecule has 1 N–H and O–H groups in total. The van der Waals surface area contributed by atoms with Crippen LogP contribution in [0.3, 0.4) is 0 Å². The predicted molar refractivity (Wildman–Crippen MR) is 150 cm³/mol. The SMILES string of the molecule is CCCCN(C(=O)c1ccc(F)cc1F)C(Cc1ccccc1CN1CCCCC1)c1nc2ccccc2[nH]1. The highest BCUT2D eigenvalue weighted by molar-refractivity contribution is 5.94. The summed E-state index contributed by atoms with van der Waals surface area (Å²) < 4.78 is 28.5. The molecule has 4 aromatic rings. The van der Waals surface area contributed by atoms with Gasteiger partial charge in [-0.3, -0.25) is 9.69 Å². The van der Waals surface area contributed by atoms with Crippen molar-refractivity contribution in [1.29, 1.82) is 0 Å². The second-order valence-electron chi connectivity index (χ2n) is 10.4. The molecule has 1 unspecified atom stereocenters. The minimum Gasteiger partial charge on any atom is -0.340 e. The zero-order valence-corrected chi connectivity index (χ0v) is 22.5. The van der Waals surface area contributed by atoms with Crippen molar-refractivity contribution in [3.8, 4) is 0 Å². The fourth-order valence-electron chi connectivity index (χ4n) is 5.51. The largest absolute Gasteiger partial charge is 0.340 e. The van der Waals surface area contributed by atoms with E-state index < -0.39 is 23.6 Å². The minimum atomic E-state index is -0.852. The number of carbonyl (C=O) groups excluding carboxylic acids is 1. The molecule has 2 heterocycles. The maximum atomic E-state index is 14.9. The Bertz CT molecular complexity index is 1380. The Morgan fingerprint density at radius 2 is 1.74 bits per heavy atom. The summed E-state index contributed by atoms with van der Waals surface area (Å²) in [7, 11) is 0. The van der Waals surface area contributed by atoms with Gasteiger partial charge in [-0.2, -0.15) is 0 Å². The topological polar surface area (TPSA) is 52.2 Å². The van der Waals surface area contributed by atoms with Crippen LogP contribution in [0.2, 0.25) is 0 Å². The van der Waals surface area contributed by atoms with E-state index in [1.54, 1.807) is 4.90 Å². The Morgan fingerprint density at radius 3 is 2.49 bits per heavy atom. The second kappa shape index (κ2) is 12.5. The molecule has 1 aromatic heterocycles. The minimum absolute atomic E-state index is 0.129. The molecule has 1 aliphatic rings. The van der Waals surface area contributed by atoms with Gasteiger partial charge in [0.2, 0.25) is 0 Å². The molecule has 0 radical (unpaired) electrons. The molecule has 0 aliphatic carbocycles. The van der Waals surface area contributed by atoms with Gasteiger partial charge in [-0.15, -0.1) is 0 Å². The molecule has 204 valence electrons. The van der Waals surface area contributed by atoms with Crippen LogP contribution in [0, 0.1) is 11.6 Å². The summed E-state index contributed by atoms with van der Waals surface area (Å²) in [4.78, 5) is 26.4. The summed E-state index contributed by atoms with van der Waals surface area (Å²) in [6.45, 7) is 5.53. The molecule has 0 bridgehead atoms. The number of hydrogen-bond acceptors (Lipinski definition) is 3. The Morgan fingerprint density at radius 1 is 1.00 bits per heavy atom. The third kappa shape index (κ3) is 6.36. The number of amides is 1. The molecule has 0 saturated carbocycles. The average Bonchev–Trinajstić information content (AvgIpc) is 3.38. The van der Waals surface area contributed by atoms with Gasteiger partial charge in [-0.1, -0.05) is 56.2 Å². The molecular formula is C32H36F2N4O. The van der Waals surface area contributed by atoms with Crippen molar-refractivity contribution >= 4 is 16.9 Å². The molecule has 0 spiro atoms. The molecule has 7 heteroatoms. The van der Waals surface area contributed by atoms with Gasteiger partial charge in [0, 0.05) is 25.6 Å². The number of nitrogens with zero attached hydrogens (tertiary/aromatic N) is 3. The molecule has 5 nitrogen and oxygen atoms in total. The van der Waals surface area contributed by atoms with Crippen molar-refractivity contribution in [2.75, 3.05) is 19.6 Å². The number of nitrogens with one attached hydrogen (secondary N) is 1. The van der Waals surface area contributed by atoms with E-state index >= 15 is 0 Å². The molecule has 39 heavy (non-hydrogen) atoms. The molecular weight excluding hydrogens is 494 g/mol. The van der Waals surface area contributed by atoms with Crippen molar-refractivity contribution in [3.63, 3.8) is 0 Å². The van der Waals surface area contributed by atoms with E-state index in [0.717, 1.165) is 61.2 Å². The third-order valence-electron chi connectivity index (χ3n) is 7.65. The lowest BCUT2D eigenvalue weighted by molar-refractivity contribution is 0.0658. The van der Waals surface area contributed by atoms with Crippen LogP contribution in [-0.4, -0.2) is 45.3 Å². The fourth-order valence-corrected chi connectivity index (χ4v) is 5.51. The zero-order chi connectivity index (χ0) is 27.2. The number of unbranched alkanes of at least 4 members (excludes halogenated alkanes) is 1. The average molecular weight is 531 g/mol. The van der Waals surface area contributed by atoms with Crippen LogP contribution in [0.25, 0.3) is 11.0 Å². The Kier molecular flexibility index (Phi) is 8.67. The molecule has 1 fully saturated rings. The van der Waals surface area contributed by atoms with E-state index in [2.05, 4.69) is 35.0 Å². The van der Waals surface area contributed by atoms with Crippen LogP contribution >= 0.6 is 0 Å². The van der Waals surface area contributed by atoms with Crippen molar-refractivity contribution in [1.82, 2.24) is 19.8 Å². The molecule has 1 aliphatic heterocycles. The Balaban J connectivity index is 1.55. The van der Waals surface area contributed by atoms with E-state index in [9.17, 15) is 13.6 Å². The maximum absolute atomic E-state index is 14.9. The highest BCUT2D eigenvalue weighted by atomic mass is 19.1. The number of aromatic amines is 1. The van der Waals surface area contributed by atoms with Crippen LogP contribution in [0.15, 0.2) is 66.7 Å². The number of likely N-dealkylation sites (tertiary alicyclic amines) is 1. The zero-order valence-electron chi connectivity index (χ0n) is 22.5. The van der Waals surface area contributed by atoms with Gasteiger partial charge >= 0.3 is 0 Å². The number of benzene rings is 3. The lowest BCUT2D eigenvalue weighted by atomic mass is 9.97. The summed E-state index contributed by atoms with van der Waals surface area (Å²) in [5, 5.41) is 0. The van der Waals surface area contributed by atoms with E-state index in [4.69, 9.17) is 4.98 Å².